The number of alkyl halides is 3. The monoisotopic (exact) mass is 374 g/mol. The normalized spacial score (nSPS) is 16.1. The highest BCUT2D eigenvalue weighted by Crippen LogP contribution is 2.32. The maximum atomic E-state index is 13.0. The van der Waals surface area contributed by atoms with Gasteiger partial charge in [0.25, 0.3) is 0 Å². The van der Waals surface area contributed by atoms with Crippen LogP contribution >= 0.6 is 11.6 Å². The molecule has 6 nitrogen and oxygen atoms in total. The molecular weight excluding hydrogens is 357 g/mol. The SMILES string of the molecule is CN=C(NCc1nnc2c(Cl)cc(C(F)(F)F)cn12)NCC1CCC1. The van der Waals surface area contributed by atoms with Gasteiger partial charge in [0.1, 0.15) is 0 Å². The third-order valence-corrected chi connectivity index (χ3v) is 4.56. The van der Waals surface area contributed by atoms with Gasteiger partial charge in [-0.2, -0.15) is 13.2 Å². The molecule has 0 aromatic carbocycles. The first-order chi connectivity index (χ1) is 11.9. The van der Waals surface area contributed by atoms with Crippen LogP contribution in [0.1, 0.15) is 30.7 Å². The zero-order valence-corrected chi connectivity index (χ0v) is 14.3. The molecule has 1 saturated carbocycles. The summed E-state index contributed by atoms with van der Waals surface area (Å²) >= 11 is 5.90. The molecule has 2 aromatic rings. The molecule has 2 N–H and O–H groups in total. The van der Waals surface area contributed by atoms with E-state index in [1.807, 2.05) is 0 Å². The van der Waals surface area contributed by atoms with Gasteiger partial charge in [0.15, 0.2) is 17.4 Å². The molecule has 10 heteroatoms. The van der Waals surface area contributed by atoms with E-state index in [-0.39, 0.29) is 17.2 Å². The number of rotatable bonds is 4. The molecule has 3 rings (SSSR count). The van der Waals surface area contributed by atoms with Gasteiger partial charge in [-0.1, -0.05) is 18.0 Å². The van der Waals surface area contributed by atoms with E-state index in [4.69, 9.17) is 11.6 Å². The molecule has 0 aliphatic heterocycles. The Morgan fingerprint density at radius 3 is 2.72 bits per heavy atom. The van der Waals surface area contributed by atoms with Crippen LogP contribution in [0.25, 0.3) is 5.65 Å². The third-order valence-electron chi connectivity index (χ3n) is 4.28. The smallest absolute Gasteiger partial charge is 0.356 e. The number of nitrogens with one attached hydrogen (secondary N) is 2. The third kappa shape index (κ3) is 3.97. The van der Waals surface area contributed by atoms with Crippen LogP contribution in [0.5, 0.6) is 0 Å². The predicted octanol–water partition coefficient (Wildman–Crippen LogP) is 2.87. The summed E-state index contributed by atoms with van der Waals surface area (Å²) in [6, 6.07) is 0.849. The second kappa shape index (κ2) is 7.07. The van der Waals surface area contributed by atoms with Crippen LogP contribution in [0.3, 0.4) is 0 Å². The van der Waals surface area contributed by atoms with E-state index in [9.17, 15) is 13.2 Å². The minimum absolute atomic E-state index is 0.0962. The molecule has 0 amide bonds. The molecule has 0 radical (unpaired) electrons. The van der Waals surface area contributed by atoms with Gasteiger partial charge in [0, 0.05) is 19.8 Å². The Hall–Kier alpha value is -2.03. The van der Waals surface area contributed by atoms with Crippen molar-refractivity contribution in [2.45, 2.75) is 32.0 Å². The molecule has 136 valence electrons. The summed E-state index contributed by atoms with van der Waals surface area (Å²) in [7, 11) is 1.64. The number of aromatic nitrogens is 3. The van der Waals surface area contributed by atoms with Crippen molar-refractivity contribution in [1.29, 1.82) is 0 Å². The summed E-state index contributed by atoms with van der Waals surface area (Å²) in [5.41, 5.74) is -0.664. The highest BCUT2D eigenvalue weighted by molar-refractivity contribution is 6.33. The van der Waals surface area contributed by atoms with E-state index in [2.05, 4.69) is 25.8 Å². The van der Waals surface area contributed by atoms with Gasteiger partial charge >= 0.3 is 6.18 Å². The number of halogens is 4. The first-order valence-corrected chi connectivity index (χ1v) is 8.31. The quantitative estimate of drug-likeness (QED) is 0.638. The Labute approximate surface area is 147 Å². The Kier molecular flexibility index (Phi) is 5.03. The molecule has 25 heavy (non-hydrogen) atoms. The van der Waals surface area contributed by atoms with E-state index in [0.29, 0.717) is 17.7 Å². The van der Waals surface area contributed by atoms with Crippen molar-refractivity contribution in [2.24, 2.45) is 10.9 Å². The van der Waals surface area contributed by atoms with Gasteiger partial charge in [0.2, 0.25) is 0 Å². The summed E-state index contributed by atoms with van der Waals surface area (Å²) < 4.78 is 40.1. The molecule has 1 fully saturated rings. The van der Waals surface area contributed by atoms with Gasteiger partial charge in [-0.05, 0) is 24.8 Å². The Morgan fingerprint density at radius 1 is 1.36 bits per heavy atom. The Balaban J connectivity index is 1.73. The van der Waals surface area contributed by atoms with Crippen molar-refractivity contribution in [2.75, 3.05) is 13.6 Å². The minimum Gasteiger partial charge on any atom is -0.356 e. The van der Waals surface area contributed by atoms with Gasteiger partial charge in [0.05, 0.1) is 17.1 Å². The highest BCUT2D eigenvalue weighted by Gasteiger charge is 2.32. The van der Waals surface area contributed by atoms with Crippen molar-refractivity contribution >= 4 is 23.2 Å². The van der Waals surface area contributed by atoms with Gasteiger partial charge < -0.3 is 10.6 Å². The average molecular weight is 375 g/mol. The number of hydrogen-bond acceptors (Lipinski definition) is 3. The molecule has 0 atom stereocenters. The standard InChI is InChI=1S/C15H18ClF3N6/c1-20-14(21-6-9-3-2-4-9)22-7-12-23-24-13-11(16)5-10(8-25(12)13)15(17,18)19/h5,8-9H,2-4,6-7H2,1H3,(H2,20,21,22). The van der Waals surface area contributed by atoms with E-state index in [0.717, 1.165) is 18.8 Å². The lowest BCUT2D eigenvalue weighted by Gasteiger charge is -2.26. The van der Waals surface area contributed by atoms with Crippen LogP contribution in [0.4, 0.5) is 13.2 Å². The largest absolute Gasteiger partial charge is 0.417 e. The van der Waals surface area contributed by atoms with E-state index < -0.39 is 11.7 Å². The van der Waals surface area contributed by atoms with E-state index in [1.54, 1.807) is 7.05 Å². The van der Waals surface area contributed by atoms with Crippen molar-refractivity contribution in [3.05, 3.63) is 28.7 Å². The summed E-state index contributed by atoms with van der Waals surface area (Å²) in [6.07, 6.45) is 0.122. The number of aliphatic imine (C=N–C) groups is 1. The fourth-order valence-electron chi connectivity index (χ4n) is 2.60. The number of hydrogen-bond donors (Lipinski definition) is 2. The predicted molar refractivity (Wildman–Crippen MR) is 88.5 cm³/mol. The summed E-state index contributed by atoms with van der Waals surface area (Å²) in [5, 5.41) is 13.9. The molecule has 1 aliphatic carbocycles. The first-order valence-electron chi connectivity index (χ1n) is 7.93. The lowest BCUT2D eigenvalue weighted by Crippen LogP contribution is -2.40. The summed E-state index contributed by atoms with van der Waals surface area (Å²) in [5.74, 6) is 1.54. The number of pyridine rings is 1. The molecule has 0 unspecified atom stereocenters. The fourth-order valence-corrected chi connectivity index (χ4v) is 2.84. The van der Waals surface area contributed by atoms with Crippen LogP contribution in [-0.4, -0.2) is 34.2 Å². The topological polar surface area (TPSA) is 66.6 Å². The number of guanidine groups is 1. The molecule has 1 aliphatic rings. The minimum atomic E-state index is -4.49. The summed E-state index contributed by atoms with van der Waals surface area (Å²) in [6.45, 7) is 0.994. The molecular formula is C15H18ClF3N6. The van der Waals surface area contributed by atoms with Crippen molar-refractivity contribution in [3.63, 3.8) is 0 Å². The molecule has 2 heterocycles. The summed E-state index contributed by atoms with van der Waals surface area (Å²) in [4.78, 5) is 4.10. The maximum absolute atomic E-state index is 13.0. The lowest BCUT2D eigenvalue weighted by atomic mass is 9.85. The van der Waals surface area contributed by atoms with Crippen LogP contribution in [0.2, 0.25) is 5.02 Å². The average Bonchev–Trinajstić information content (AvgIpc) is 2.92. The Morgan fingerprint density at radius 2 is 2.12 bits per heavy atom. The maximum Gasteiger partial charge on any atom is 0.417 e. The Bertz CT molecular complexity index is 781. The van der Waals surface area contributed by atoms with Crippen LogP contribution in [-0.2, 0) is 12.7 Å². The van der Waals surface area contributed by atoms with Crippen molar-refractivity contribution in [3.8, 4) is 0 Å². The number of fused-ring (bicyclic) bond motifs is 1. The van der Waals surface area contributed by atoms with Crippen molar-refractivity contribution < 1.29 is 13.2 Å². The first kappa shape index (κ1) is 17.8. The highest BCUT2D eigenvalue weighted by atomic mass is 35.5. The van der Waals surface area contributed by atoms with Crippen LogP contribution < -0.4 is 10.6 Å². The zero-order chi connectivity index (χ0) is 18.0. The molecule has 0 bridgehead atoms. The second-order valence-electron chi connectivity index (χ2n) is 5.99. The van der Waals surface area contributed by atoms with E-state index in [1.165, 1.54) is 23.7 Å². The van der Waals surface area contributed by atoms with Gasteiger partial charge in [-0.25, -0.2) is 0 Å². The second-order valence-corrected chi connectivity index (χ2v) is 6.40. The van der Waals surface area contributed by atoms with Gasteiger partial charge in [-0.3, -0.25) is 9.39 Å². The number of nitrogens with zero attached hydrogens (tertiary/aromatic N) is 4. The molecule has 0 spiro atoms. The van der Waals surface area contributed by atoms with Crippen LogP contribution in [0, 0.1) is 5.92 Å². The molecule has 2 aromatic heterocycles. The zero-order valence-electron chi connectivity index (χ0n) is 13.6. The van der Waals surface area contributed by atoms with Gasteiger partial charge in [-0.15, -0.1) is 10.2 Å². The van der Waals surface area contributed by atoms with E-state index >= 15 is 0 Å². The molecule has 0 saturated heterocycles. The van der Waals surface area contributed by atoms with Crippen molar-refractivity contribution in [1.82, 2.24) is 25.2 Å². The fraction of sp³-hybridized carbons (Fsp3) is 0.533. The van der Waals surface area contributed by atoms with Crippen LogP contribution in [0.15, 0.2) is 17.3 Å². The lowest BCUT2D eigenvalue weighted by molar-refractivity contribution is -0.137.